The van der Waals surface area contributed by atoms with E-state index >= 15 is 0 Å². The predicted octanol–water partition coefficient (Wildman–Crippen LogP) is 2.84. The highest BCUT2D eigenvalue weighted by Crippen LogP contribution is 2.35. The number of phenolic OH excluding ortho intramolecular Hbond substituents is 1. The van der Waals surface area contributed by atoms with Gasteiger partial charge >= 0.3 is 0 Å². The number of rotatable bonds is 4. The average Bonchev–Trinajstić information content (AvgIpc) is 2.78. The van der Waals surface area contributed by atoms with Crippen molar-refractivity contribution in [1.29, 1.82) is 0 Å². The number of methoxy groups -OCH3 is 1. The van der Waals surface area contributed by atoms with E-state index in [1.54, 1.807) is 36.4 Å². The molecular formula is C17H13ClN2O4. The summed E-state index contributed by atoms with van der Waals surface area (Å²) >= 11 is 6.06. The van der Waals surface area contributed by atoms with Gasteiger partial charge in [-0.05, 0) is 24.3 Å². The quantitative estimate of drug-likeness (QED) is 0.834. The molecule has 0 radical (unpaired) electrons. The van der Waals surface area contributed by atoms with Crippen LogP contribution in [0.25, 0.3) is 0 Å². The average molecular weight is 345 g/mol. The summed E-state index contributed by atoms with van der Waals surface area (Å²) in [4.78, 5) is 26.0. The maximum atomic E-state index is 12.7. The van der Waals surface area contributed by atoms with E-state index in [0.29, 0.717) is 17.1 Å². The number of ether oxygens (including phenoxy) is 1. The Kier molecular flexibility index (Phi) is 4.14. The number of para-hydroxylation sites is 2. The van der Waals surface area contributed by atoms with Crippen LogP contribution in [-0.4, -0.2) is 24.0 Å². The molecule has 0 saturated carbocycles. The lowest BCUT2D eigenvalue weighted by Gasteiger charge is -2.17. The number of carbonyl (C=O) groups excluding carboxylic acids is 2. The second kappa shape index (κ2) is 6.25. The fraction of sp³-hybridized carbons (Fsp3) is 0.0588. The number of phenols is 1. The van der Waals surface area contributed by atoms with E-state index in [-0.39, 0.29) is 16.5 Å². The zero-order valence-electron chi connectivity index (χ0n) is 12.6. The predicted molar refractivity (Wildman–Crippen MR) is 90.1 cm³/mol. The molecule has 122 valence electrons. The second-order valence-electron chi connectivity index (χ2n) is 4.98. The molecule has 2 aromatic rings. The van der Waals surface area contributed by atoms with Crippen molar-refractivity contribution in [2.45, 2.75) is 0 Å². The summed E-state index contributed by atoms with van der Waals surface area (Å²) in [5.41, 5.74) is 0.685. The van der Waals surface area contributed by atoms with Crippen molar-refractivity contribution in [3.8, 4) is 11.5 Å². The number of halogens is 1. The summed E-state index contributed by atoms with van der Waals surface area (Å²) in [6, 6.07) is 12.8. The fourth-order valence-corrected chi connectivity index (χ4v) is 2.59. The van der Waals surface area contributed by atoms with Gasteiger partial charge in [0, 0.05) is 11.8 Å². The van der Waals surface area contributed by atoms with Gasteiger partial charge in [0.2, 0.25) is 0 Å². The first-order valence-electron chi connectivity index (χ1n) is 7.00. The summed E-state index contributed by atoms with van der Waals surface area (Å²) in [6.07, 6.45) is 0. The Morgan fingerprint density at radius 2 is 1.83 bits per heavy atom. The lowest BCUT2D eigenvalue weighted by Crippen LogP contribution is -2.32. The number of anilines is 2. The van der Waals surface area contributed by atoms with Gasteiger partial charge in [-0.25, -0.2) is 4.90 Å². The molecule has 6 nitrogen and oxygen atoms in total. The number of benzene rings is 2. The van der Waals surface area contributed by atoms with Gasteiger partial charge in [0.25, 0.3) is 11.8 Å². The van der Waals surface area contributed by atoms with E-state index in [1.807, 2.05) is 0 Å². The SMILES string of the molecule is COc1ccccc1N1C(=O)C(Cl)=C(Nc2cccc(O)c2)C1=O. The molecule has 0 aromatic heterocycles. The van der Waals surface area contributed by atoms with Crippen molar-refractivity contribution < 1.29 is 19.4 Å². The second-order valence-corrected chi connectivity index (χ2v) is 5.36. The molecule has 3 rings (SSSR count). The van der Waals surface area contributed by atoms with E-state index in [1.165, 1.54) is 19.2 Å². The van der Waals surface area contributed by atoms with Gasteiger partial charge in [-0.15, -0.1) is 0 Å². The van der Waals surface area contributed by atoms with Crippen LogP contribution in [0.15, 0.2) is 59.3 Å². The Morgan fingerprint density at radius 1 is 1.08 bits per heavy atom. The molecule has 0 unspecified atom stereocenters. The summed E-state index contributed by atoms with van der Waals surface area (Å²) < 4.78 is 5.20. The maximum absolute atomic E-state index is 12.7. The number of aromatic hydroxyl groups is 1. The molecule has 0 fully saturated rings. The Morgan fingerprint density at radius 3 is 2.54 bits per heavy atom. The van der Waals surface area contributed by atoms with E-state index < -0.39 is 11.8 Å². The topological polar surface area (TPSA) is 78.9 Å². The number of amides is 2. The highest BCUT2D eigenvalue weighted by Gasteiger charge is 2.40. The Hall–Kier alpha value is -2.99. The molecule has 1 aliphatic heterocycles. The van der Waals surface area contributed by atoms with E-state index in [0.717, 1.165) is 4.90 Å². The molecule has 0 bridgehead atoms. The van der Waals surface area contributed by atoms with Crippen LogP contribution in [0, 0.1) is 0 Å². The summed E-state index contributed by atoms with van der Waals surface area (Å²) in [5, 5.41) is 12.1. The molecule has 0 saturated heterocycles. The minimum Gasteiger partial charge on any atom is -0.508 e. The van der Waals surface area contributed by atoms with Crippen LogP contribution < -0.4 is 15.0 Å². The molecular weight excluding hydrogens is 332 g/mol. The third-order valence-corrected chi connectivity index (χ3v) is 3.82. The molecule has 2 amide bonds. The first-order chi connectivity index (χ1) is 11.5. The van der Waals surface area contributed by atoms with Gasteiger partial charge in [-0.2, -0.15) is 0 Å². The van der Waals surface area contributed by atoms with Gasteiger partial charge in [0.05, 0.1) is 12.8 Å². The van der Waals surface area contributed by atoms with Crippen molar-refractivity contribution in [2.75, 3.05) is 17.3 Å². The molecule has 0 atom stereocenters. The largest absolute Gasteiger partial charge is 0.508 e. The van der Waals surface area contributed by atoms with E-state index in [4.69, 9.17) is 16.3 Å². The van der Waals surface area contributed by atoms with Crippen molar-refractivity contribution in [3.63, 3.8) is 0 Å². The van der Waals surface area contributed by atoms with Gasteiger partial charge < -0.3 is 15.2 Å². The zero-order chi connectivity index (χ0) is 17.3. The Balaban J connectivity index is 1.96. The molecule has 24 heavy (non-hydrogen) atoms. The Bertz CT molecular complexity index is 863. The van der Waals surface area contributed by atoms with Crippen molar-refractivity contribution in [1.82, 2.24) is 0 Å². The number of hydrogen-bond donors (Lipinski definition) is 2. The molecule has 0 aliphatic carbocycles. The van der Waals surface area contributed by atoms with Gasteiger partial charge in [-0.3, -0.25) is 9.59 Å². The van der Waals surface area contributed by atoms with Gasteiger partial charge in [0.15, 0.2) is 0 Å². The van der Waals surface area contributed by atoms with Crippen LogP contribution in [0.5, 0.6) is 11.5 Å². The lowest BCUT2D eigenvalue weighted by molar-refractivity contribution is -0.120. The summed E-state index contributed by atoms with van der Waals surface area (Å²) in [6.45, 7) is 0. The number of carbonyl (C=O) groups is 2. The van der Waals surface area contributed by atoms with Gasteiger partial charge in [0.1, 0.15) is 22.2 Å². The van der Waals surface area contributed by atoms with Crippen LogP contribution >= 0.6 is 11.6 Å². The minimum absolute atomic E-state index is 0.0232. The van der Waals surface area contributed by atoms with Crippen LogP contribution in [-0.2, 0) is 9.59 Å². The van der Waals surface area contributed by atoms with Gasteiger partial charge in [-0.1, -0.05) is 29.8 Å². The van der Waals surface area contributed by atoms with Crippen molar-refractivity contribution in [2.24, 2.45) is 0 Å². The highest BCUT2D eigenvalue weighted by molar-refractivity contribution is 6.53. The van der Waals surface area contributed by atoms with E-state index in [2.05, 4.69) is 5.32 Å². The maximum Gasteiger partial charge on any atom is 0.283 e. The molecule has 1 aliphatic rings. The molecule has 7 heteroatoms. The third-order valence-electron chi connectivity index (χ3n) is 3.47. The number of imide groups is 1. The highest BCUT2D eigenvalue weighted by atomic mass is 35.5. The monoisotopic (exact) mass is 344 g/mol. The molecule has 1 heterocycles. The van der Waals surface area contributed by atoms with Crippen LogP contribution in [0.2, 0.25) is 0 Å². The van der Waals surface area contributed by atoms with Crippen LogP contribution in [0.3, 0.4) is 0 Å². The molecule has 0 spiro atoms. The first kappa shape index (κ1) is 15.9. The Labute approximate surface area is 142 Å². The van der Waals surface area contributed by atoms with Crippen LogP contribution in [0.1, 0.15) is 0 Å². The van der Waals surface area contributed by atoms with E-state index in [9.17, 15) is 14.7 Å². The lowest BCUT2D eigenvalue weighted by atomic mass is 10.2. The standard InChI is InChI=1S/C17H13ClN2O4/c1-24-13-8-3-2-7-12(13)20-16(22)14(18)15(17(20)23)19-10-5-4-6-11(21)9-10/h2-9,19,21H,1H3. The number of nitrogens with zero attached hydrogens (tertiary/aromatic N) is 1. The first-order valence-corrected chi connectivity index (χ1v) is 7.38. The van der Waals surface area contributed by atoms with Crippen molar-refractivity contribution >= 4 is 34.8 Å². The number of nitrogens with one attached hydrogen (secondary N) is 1. The normalized spacial score (nSPS) is 14.3. The summed E-state index contributed by atoms with van der Waals surface area (Å²) in [7, 11) is 1.45. The summed E-state index contributed by atoms with van der Waals surface area (Å²) in [5.74, 6) is -0.844. The smallest absolute Gasteiger partial charge is 0.283 e. The fourth-order valence-electron chi connectivity index (χ4n) is 2.37. The zero-order valence-corrected chi connectivity index (χ0v) is 13.4. The minimum atomic E-state index is -0.645. The number of hydrogen-bond acceptors (Lipinski definition) is 5. The van der Waals surface area contributed by atoms with Crippen LogP contribution in [0.4, 0.5) is 11.4 Å². The third kappa shape index (κ3) is 2.68. The molecule has 2 N–H and O–H groups in total. The van der Waals surface area contributed by atoms with Crippen molar-refractivity contribution in [3.05, 3.63) is 59.3 Å². The molecule has 2 aromatic carbocycles.